The molecule has 1 spiro atoms. The number of benzene rings is 1. The van der Waals surface area contributed by atoms with E-state index in [4.69, 9.17) is 38.7 Å². The number of aromatic amines is 1. The number of nitrogens with zero attached hydrogens (tertiary/aromatic N) is 5. The van der Waals surface area contributed by atoms with Gasteiger partial charge in [0.2, 0.25) is 5.91 Å². The van der Waals surface area contributed by atoms with E-state index in [0.29, 0.717) is 34.3 Å². The predicted molar refractivity (Wildman–Crippen MR) is 180 cm³/mol. The lowest BCUT2D eigenvalue weighted by Crippen LogP contribution is -2.58. The van der Waals surface area contributed by atoms with Gasteiger partial charge in [-0.1, -0.05) is 37.0 Å². The smallest absolute Gasteiger partial charge is 0.223 e. The zero-order valence-electron chi connectivity index (χ0n) is 24.8. The Balaban J connectivity index is 0.00000221. The molecule has 44 heavy (non-hydrogen) atoms. The van der Waals surface area contributed by atoms with E-state index in [2.05, 4.69) is 26.1 Å². The number of carbonyl (C=O) groups is 1. The van der Waals surface area contributed by atoms with E-state index in [1.165, 1.54) is 0 Å². The van der Waals surface area contributed by atoms with Gasteiger partial charge in [0.25, 0.3) is 0 Å². The number of hydrogen-bond donors (Lipinski definition) is 2. The molecule has 4 aromatic rings. The Bertz CT molecular complexity index is 1600. The third-order valence-corrected chi connectivity index (χ3v) is 9.12. The number of aromatic nitrogens is 4. The number of carbonyl (C=O) groups excluding carboxylic acids is 1. The molecule has 0 aliphatic carbocycles. The second kappa shape index (κ2) is 13.3. The highest BCUT2D eigenvalue weighted by molar-refractivity contribution is 6.35. The number of H-pyrrole nitrogens is 1. The summed E-state index contributed by atoms with van der Waals surface area (Å²) in [6.07, 6.45) is 6.13. The Morgan fingerprint density at radius 2 is 1.84 bits per heavy atom. The fourth-order valence-electron chi connectivity index (χ4n) is 6.00. The quantitative estimate of drug-likeness (QED) is 0.212. The lowest BCUT2D eigenvalue weighted by molar-refractivity contribution is -0.132. The van der Waals surface area contributed by atoms with Gasteiger partial charge in [-0.3, -0.25) is 14.9 Å². The Morgan fingerprint density at radius 1 is 1.11 bits per heavy atom. The molecule has 2 fully saturated rings. The van der Waals surface area contributed by atoms with E-state index in [-0.39, 0.29) is 47.7 Å². The summed E-state index contributed by atoms with van der Waals surface area (Å²) in [6, 6.07) is 9.89. The van der Waals surface area contributed by atoms with Gasteiger partial charge in [-0.25, -0.2) is 4.98 Å². The van der Waals surface area contributed by atoms with Crippen LogP contribution in [-0.2, 0) is 4.79 Å². The van der Waals surface area contributed by atoms with Gasteiger partial charge in [0, 0.05) is 73.1 Å². The highest BCUT2D eigenvalue weighted by Crippen LogP contribution is 2.42. The van der Waals surface area contributed by atoms with Crippen molar-refractivity contribution in [3.05, 3.63) is 64.5 Å². The maximum Gasteiger partial charge on any atom is 0.223 e. The molecule has 0 radical (unpaired) electrons. The van der Waals surface area contributed by atoms with Gasteiger partial charge in [0.1, 0.15) is 23.4 Å². The largest absolute Gasteiger partial charge is 0.486 e. The molecule has 0 bridgehead atoms. The predicted octanol–water partition coefficient (Wildman–Crippen LogP) is 6.72. The van der Waals surface area contributed by atoms with Crippen LogP contribution in [0.4, 0.5) is 5.82 Å². The topological polar surface area (TPSA) is 113 Å². The summed E-state index contributed by atoms with van der Waals surface area (Å²) in [5.74, 6) is 1.82. The summed E-state index contributed by atoms with van der Waals surface area (Å²) in [5, 5.41) is 9.53. The first-order valence-corrected chi connectivity index (χ1v) is 14.9. The maximum absolute atomic E-state index is 12.8. The molecule has 3 aromatic heterocycles. The number of likely N-dealkylation sites (tertiary alicyclic amines) is 1. The van der Waals surface area contributed by atoms with E-state index in [1.54, 1.807) is 12.4 Å². The normalized spacial score (nSPS) is 16.3. The molecule has 5 heterocycles. The number of amides is 1. The lowest BCUT2D eigenvalue weighted by atomic mass is 9.79. The number of fused-ring (bicyclic) bond motifs is 1. The molecule has 3 N–H and O–H groups in total. The Kier molecular flexibility index (Phi) is 10.3. The number of anilines is 1. The molecule has 0 unspecified atom stereocenters. The highest BCUT2D eigenvalue weighted by Gasteiger charge is 2.49. The number of ether oxygens (including phenoxy) is 1. The molecular formula is C31H37Cl4N7O2. The summed E-state index contributed by atoms with van der Waals surface area (Å²) in [4.78, 5) is 25.9. The average molecular weight is 681 g/mol. The first-order chi connectivity index (χ1) is 20.1. The van der Waals surface area contributed by atoms with Crippen LogP contribution in [0.5, 0.6) is 5.75 Å². The van der Waals surface area contributed by atoms with Crippen molar-refractivity contribution in [2.45, 2.75) is 39.7 Å². The molecule has 2 aliphatic rings. The minimum atomic E-state index is -0.371. The summed E-state index contributed by atoms with van der Waals surface area (Å²) in [5.41, 5.74) is 9.13. The third kappa shape index (κ3) is 6.72. The summed E-state index contributed by atoms with van der Waals surface area (Å²) in [6.45, 7) is 9.94. The van der Waals surface area contributed by atoms with Crippen LogP contribution in [0.25, 0.3) is 22.2 Å². The van der Waals surface area contributed by atoms with Crippen molar-refractivity contribution in [1.82, 2.24) is 25.1 Å². The van der Waals surface area contributed by atoms with Gasteiger partial charge in [0.05, 0.1) is 15.6 Å². The SMILES string of the molecule is C[C@@H](Oc1ccc2[nH]nc(-c3ccc(N4CC5(CCN(C(=O)CC(C)(C)CN)C5)C4)nc3)c2c1)c1c(Cl)cncc1Cl.Cl.Cl. The second-order valence-corrected chi connectivity index (χ2v) is 13.2. The molecule has 1 aromatic carbocycles. The third-order valence-electron chi connectivity index (χ3n) is 8.52. The Morgan fingerprint density at radius 3 is 2.50 bits per heavy atom. The summed E-state index contributed by atoms with van der Waals surface area (Å²) < 4.78 is 6.21. The zero-order chi connectivity index (χ0) is 29.6. The van der Waals surface area contributed by atoms with Crippen LogP contribution in [0.3, 0.4) is 0 Å². The molecule has 0 saturated carbocycles. The Labute approximate surface area is 279 Å². The van der Waals surface area contributed by atoms with Gasteiger partial charge >= 0.3 is 0 Å². The van der Waals surface area contributed by atoms with Gasteiger partial charge in [0.15, 0.2) is 0 Å². The van der Waals surface area contributed by atoms with Crippen molar-refractivity contribution in [3.8, 4) is 17.0 Å². The van der Waals surface area contributed by atoms with E-state index in [1.807, 2.05) is 56.1 Å². The molecule has 6 rings (SSSR count). The number of halogens is 4. The highest BCUT2D eigenvalue weighted by atomic mass is 35.5. The van der Waals surface area contributed by atoms with Crippen molar-refractivity contribution in [2.75, 3.05) is 37.6 Å². The summed E-state index contributed by atoms with van der Waals surface area (Å²) >= 11 is 12.7. The van der Waals surface area contributed by atoms with Crippen molar-refractivity contribution < 1.29 is 9.53 Å². The van der Waals surface area contributed by atoms with Crippen molar-refractivity contribution >= 4 is 70.6 Å². The number of nitrogens with two attached hydrogens (primary N) is 1. The van der Waals surface area contributed by atoms with Crippen LogP contribution in [0, 0.1) is 10.8 Å². The van der Waals surface area contributed by atoms with E-state index < -0.39 is 0 Å². The average Bonchev–Trinajstić information content (AvgIpc) is 3.57. The van der Waals surface area contributed by atoms with Crippen LogP contribution in [0.1, 0.15) is 45.3 Å². The zero-order valence-corrected chi connectivity index (χ0v) is 28.0. The van der Waals surface area contributed by atoms with E-state index in [0.717, 1.165) is 60.6 Å². The number of rotatable bonds is 8. The minimum absolute atomic E-state index is 0. The fourth-order valence-corrected chi connectivity index (χ4v) is 6.67. The van der Waals surface area contributed by atoms with Crippen LogP contribution < -0.4 is 15.4 Å². The first-order valence-electron chi connectivity index (χ1n) is 14.2. The molecular weight excluding hydrogens is 644 g/mol. The van der Waals surface area contributed by atoms with Gasteiger partial charge in [-0.2, -0.15) is 5.10 Å². The summed E-state index contributed by atoms with van der Waals surface area (Å²) in [7, 11) is 0. The maximum atomic E-state index is 12.8. The van der Waals surface area contributed by atoms with Gasteiger partial charge < -0.3 is 20.3 Å². The molecule has 1 atom stereocenters. The molecule has 1 amide bonds. The molecule has 2 saturated heterocycles. The first kappa shape index (κ1) is 34.1. The number of pyridine rings is 2. The van der Waals surface area contributed by atoms with E-state index in [9.17, 15) is 4.79 Å². The Hall–Kier alpha value is -2.82. The second-order valence-electron chi connectivity index (χ2n) is 12.4. The molecule has 13 heteroatoms. The van der Waals surface area contributed by atoms with Crippen LogP contribution in [0.2, 0.25) is 10.0 Å². The van der Waals surface area contributed by atoms with Crippen LogP contribution >= 0.6 is 48.0 Å². The lowest BCUT2D eigenvalue weighted by Gasteiger charge is -2.48. The molecule has 2 aliphatic heterocycles. The number of hydrogen-bond acceptors (Lipinski definition) is 7. The minimum Gasteiger partial charge on any atom is -0.486 e. The van der Waals surface area contributed by atoms with Crippen molar-refractivity contribution in [1.29, 1.82) is 0 Å². The van der Waals surface area contributed by atoms with Crippen molar-refractivity contribution in [3.63, 3.8) is 0 Å². The van der Waals surface area contributed by atoms with Gasteiger partial charge in [-0.05, 0) is 55.6 Å². The van der Waals surface area contributed by atoms with Crippen molar-refractivity contribution in [2.24, 2.45) is 16.6 Å². The van der Waals surface area contributed by atoms with E-state index >= 15 is 0 Å². The number of nitrogens with one attached hydrogen (secondary N) is 1. The van der Waals surface area contributed by atoms with Crippen LogP contribution in [-0.4, -0.2) is 63.7 Å². The molecule has 9 nitrogen and oxygen atoms in total. The van der Waals surface area contributed by atoms with Crippen LogP contribution in [0.15, 0.2) is 48.9 Å². The fraction of sp³-hybridized carbons (Fsp3) is 0.419. The van der Waals surface area contributed by atoms with Gasteiger partial charge in [-0.15, -0.1) is 24.8 Å². The standard InChI is InChI=1S/C31H35Cl2N7O2.2ClH/c1-19(28-23(32)13-35-14-24(28)33)42-21-5-6-25-22(10-21)29(38-37-25)20-4-7-26(36-12-20)40-17-31(18-40)8-9-39(16-31)27(41)11-30(2,3)15-34;;/h4-7,10,12-14,19H,8-9,11,15-18,34H2,1-3H3,(H,37,38);2*1H/t19-;;/m1../s1. The monoisotopic (exact) mass is 679 g/mol. The molecule has 236 valence electrons.